The van der Waals surface area contributed by atoms with Gasteiger partial charge in [0.2, 0.25) is 0 Å². The van der Waals surface area contributed by atoms with Gasteiger partial charge in [-0.1, -0.05) is 12.1 Å². The van der Waals surface area contributed by atoms with Crippen LogP contribution in [0.15, 0.2) is 24.3 Å². The molecule has 0 aliphatic heterocycles. The van der Waals surface area contributed by atoms with Crippen molar-refractivity contribution in [2.45, 2.75) is 13.5 Å². The van der Waals surface area contributed by atoms with Crippen LogP contribution in [0.2, 0.25) is 0 Å². The van der Waals surface area contributed by atoms with Crippen LogP contribution in [0.3, 0.4) is 0 Å². The minimum atomic E-state index is 0.191. The molecule has 0 saturated heterocycles. The maximum atomic E-state index is 8.59. The van der Waals surface area contributed by atoms with Crippen LogP contribution in [0, 0.1) is 0 Å². The number of aliphatic hydroxyl groups excluding tert-OH is 1. The standard InChI is InChI=1S/C13H22N2O2/c1-2-17-13-5-3-4-12(10-13)11-15-7-6-14-8-9-16/h3-5,10,14-16H,2,6-9,11H2,1H3. The Morgan fingerprint density at radius 1 is 1.18 bits per heavy atom. The Bertz CT molecular complexity index is 305. The van der Waals surface area contributed by atoms with Gasteiger partial charge in [0.15, 0.2) is 0 Å². The van der Waals surface area contributed by atoms with Gasteiger partial charge in [0.1, 0.15) is 5.75 Å². The smallest absolute Gasteiger partial charge is 0.119 e. The second-order valence-electron chi connectivity index (χ2n) is 3.73. The molecule has 3 N–H and O–H groups in total. The first-order chi connectivity index (χ1) is 8.36. The summed E-state index contributed by atoms with van der Waals surface area (Å²) in [7, 11) is 0. The molecule has 17 heavy (non-hydrogen) atoms. The van der Waals surface area contributed by atoms with Gasteiger partial charge in [0.25, 0.3) is 0 Å². The molecule has 1 aromatic carbocycles. The van der Waals surface area contributed by atoms with Crippen LogP contribution < -0.4 is 15.4 Å². The van der Waals surface area contributed by atoms with E-state index in [-0.39, 0.29) is 6.61 Å². The number of ether oxygens (including phenoxy) is 1. The quantitative estimate of drug-likeness (QED) is 0.556. The predicted molar refractivity (Wildman–Crippen MR) is 69.3 cm³/mol. The van der Waals surface area contributed by atoms with Gasteiger partial charge in [0, 0.05) is 26.2 Å². The molecule has 4 heteroatoms. The van der Waals surface area contributed by atoms with E-state index in [1.54, 1.807) is 0 Å². The molecule has 0 bridgehead atoms. The number of aliphatic hydroxyl groups is 1. The zero-order valence-electron chi connectivity index (χ0n) is 10.4. The van der Waals surface area contributed by atoms with Crippen molar-refractivity contribution < 1.29 is 9.84 Å². The number of nitrogens with one attached hydrogen (secondary N) is 2. The molecule has 0 radical (unpaired) electrons. The molecule has 96 valence electrons. The number of hydrogen-bond donors (Lipinski definition) is 3. The molecule has 0 fully saturated rings. The molecule has 0 aliphatic rings. The number of benzene rings is 1. The summed E-state index contributed by atoms with van der Waals surface area (Å²) in [5, 5.41) is 15.0. The minimum Gasteiger partial charge on any atom is -0.494 e. The van der Waals surface area contributed by atoms with Gasteiger partial charge in [-0.05, 0) is 24.6 Å². The maximum absolute atomic E-state index is 8.59. The highest BCUT2D eigenvalue weighted by Gasteiger charge is 1.96. The zero-order valence-corrected chi connectivity index (χ0v) is 10.4. The van der Waals surface area contributed by atoms with Crippen molar-refractivity contribution in [3.8, 4) is 5.75 Å². The summed E-state index contributed by atoms with van der Waals surface area (Å²) in [5.74, 6) is 0.921. The van der Waals surface area contributed by atoms with Crippen molar-refractivity contribution in [1.82, 2.24) is 10.6 Å². The average Bonchev–Trinajstić information content (AvgIpc) is 2.35. The van der Waals surface area contributed by atoms with E-state index in [9.17, 15) is 0 Å². The van der Waals surface area contributed by atoms with E-state index >= 15 is 0 Å². The summed E-state index contributed by atoms with van der Waals surface area (Å²) in [6, 6.07) is 8.11. The first kappa shape index (κ1) is 14.0. The first-order valence-electron chi connectivity index (χ1n) is 6.11. The SMILES string of the molecule is CCOc1cccc(CNCCNCCO)c1. The fraction of sp³-hybridized carbons (Fsp3) is 0.538. The lowest BCUT2D eigenvalue weighted by molar-refractivity contribution is 0.292. The Morgan fingerprint density at radius 3 is 2.76 bits per heavy atom. The Morgan fingerprint density at radius 2 is 2.00 bits per heavy atom. The minimum absolute atomic E-state index is 0.191. The highest BCUT2D eigenvalue weighted by molar-refractivity contribution is 5.28. The van der Waals surface area contributed by atoms with Crippen molar-refractivity contribution in [3.63, 3.8) is 0 Å². The predicted octanol–water partition coefficient (Wildman–Crippen LogP) is 0.757. The molecule has 1 rings (SSSR count). The largest absolute Gasteiger partial charge is 0.494 e. The molecule has 0 spiro atoms. The van der Waals surface area contributed by atoms with Crippen LogP contribution in [0.1, 0.15) is 12.5 Å². The van der Waals surface area contributed by atoms with E-state index < -0.39 is 0 Å². The second-order valence-corrected chi connectivity index (χ2v) is 3.73. The highest BCUT2D eigenvalue weighted by Crippen LogP contribution is 2.12. The van der Waals surface area contributed by atoms with Crippen molar-refractivity contribution >= 4 is 0 Å². The van der Waals surface area contributed by atoms with E-state index in [0.29, 0.717) is 13.2 Å². The van der Waals surface area contributed by atoms with Crippen molar-refractivity contribution in [1.29, 1.82) is 0 Å². The van der Waals surface area contributed by atoms with Gasteiger partial charge in [-0.15, -0.1) is 0 Å². The molecule has 0 saturated carbocycles. The Balaban J connectivity index is 2.19. The monoisotopic (exact) mass is 238 g/mol. The molecule has 0 heterocycles. The van der Waals surface area contributed by atoms with E-state index in [4.69, 9.17) is 9.84 Å². The van der Waals surface area contributed by atoms with Gasteiger partial charge in [-0.2, -0.15) is 0 Å². The van der Waals surface area contributed by atoms with Crippen LogP contribution in [0.4, 0.5) is 0 Å². The van der Waals surface area contributed by atoms with Crippen LogP contribution >= 0.6 is 0 Å². The fourth-order valence-electron chi connectivity index (χ4n) is 1.53. The van der Waals surface area contributed by atoms with Gasteiger partial charge >= 0.3 is 0 Å². The molecule has 0 aliphatic carbocycles. The maximum Gasteiger partial charge on any atom is 0.119 e. The molecule has 0 aromatic heterocycles. The van der Waals surface area contributed by atoms with E-state index in [1.165, 1.54) is 5.56 Å². The van der Waals surface area contributed by atoms with Crippen LogP contribution in [0.25, 0.3) is 0 Å². The van der Waals surface area contributed by atoms with E-state index in [0.717, 1.165) is 25.4 Å². The Hall–Kier alpha value is -1.10. The normalized spacial score (nSPS) is 10.5. The first-order valence-corrected chi connectivity index (χ1v) is 6.11. The third-order valence-electron chi connectivity index (χ3n) is 2.31. The molecule has 0 unspecified atom stereocenters. The van der Waals surface area contributed by atoms with Crippen LogP contribution in [0.5, 0.6) is 5.75 Å². The molecule has 4 nitrogen and oxygen atoms in total. The Labute approximate surface area is 103 Å². The topological polar surface area (TPSA) is 53.5 Å². The Kier molecular flexibility index (Phi) is 7.38. The zero-order chi connectivity index (χ0) is 12.3. The summed E-state index contributed by atoms with van der Waals surface area (Å²) in [4.78, 5) is 0. The molecule has 0 atom stereocenters. The number of hydrogen-bond acceptors (Lipinski definition) is 4. The lowest BCUT2D eigenvalue weighted by atomic mass is 10.2. The number of rotatable bonds is 9. The molecule has 1 aromatic rings. The van der Waals surface area contributed by atoms with Crippen molar-refractivity contribution in [3.05, 3.63) is 29.8 Å². The third kappa shape index (κ3) is 6.26. The van der Waals surface area contributed by atoms with Crippen LogP contribution in [-0.2, 0) is 6.54 Å². The summed E-state index contributed by atoms with van der Waals surface area (Å²) in [5.41, 5.74) is 1.22. The van der Waals surface area contributed by atoms with Crippen molar-refractivity contribution in [2.24, 2.45) is 0 Å². The van der Waals surface area contributed by atoms with Gasteiger partial charge < -0.3 is 20.5 Å². The van der Waals surface area contributed by atoms with E-state index in [1.807, 2.05) is 19.1 Å². The lowest BCUT2D eigenvalue weighted by Crippen LogP contribution is -2.28. The average molecular weight is 238 g/mol. The van der Waals surface area contributed by atoms with E-state index in [2.05, 4.69) is 22.8 Å². The summed E-state index contributed by atoms with van der Waals surface area (Å²) in [6.07, 6.45) is 0. The lowest BCUT2D eigenvalue weighted by Gasteiger charge is -2.08. The molecular weight excluding hydrogens is 216 g/mol. The van der Waals surface area contributed by atoms with Gasteiger partial charge in [-0.3, -0.25) is 0 Å². The van der Waals surface area contributed by atoms with Gasteiger partial charge in [-0.25, -0.2) is 0 Å². The highest BCUT2D eigenvalue weighted by atomic mass is 16.5. The van der Waals surface area contributed by atoms with Crippen LogP contribution in [-0.4, -0.2) is 38.0 Å². The third-order valence-corrected chi connectivity index (χ3v) is 2.31. The molecular formula is C13H22N2O2. The van der Waals surface area contributed by atoms with Gasteiger partial charge in [0.05, 0.1) is 13.2 Å². The fourth-order valence-corrected chi connectivity index (χ4v) is 1.53. The summed E-state index contributed by atoms with van der Waals surface area (Å²) < 4.78 is 5.44. The summed E-state index contributed by atoms with van der Waals surface area (Å²) >= 11 is 0. The molecule has 0 amide bonds. The second kappa shape index (κ2) is 8.98. The van der Waals surface area contributed by atoms with Crippen molar-refractivity contribution in [2.75, 3.05) is 32.8 Å². The summed E-state index contributed by atoms with van der Waals surface area (Å²) in [6.45, 7) is 6.11.